The number of para-hydroxylation sites is 4. The van der Waals surface area contributed by atoms with Gasteiger partial charge in [-0.2, -0.15) is 0 Å². The number of aromatic nitrogens is 2. The molecule has 7 heteroatoms. The van der Waals surface area contributed by atoms with Crippen LogP contribution in [-0.4, -0.2) is 28.3 Å². The van der Waals surface area contributed by atoms with Crippen LogP contribution in [0, 0.1) is 5.82 Å². The fourth-order valence-corrected chi connectivity index (χ4v) is 3.97. The Bertz CT molecular complexity index is 1170. The topological polar surface area (TPSA) is 56.1 Å². The van der Waals surface area contributed by atoms with Gasteiger partial charge in [-0.15, -0.1) is 0 Å². The maximum Gasteiger partial charge on any atom is 0.234 e. The van der Waals surface area contributed by atoms with Gasteiger partial charge in [-0.3, -0.25) is 4.79 Å². The van der Waals surface area contributed by atoms with E-state index in [0.29, 0.717) is 18.0 Å². The summed E-state index contributed by atoms with van der Waals surface area (Å²) in [6, 6.07) is 21.5. The molecule has 4 rings (SSSR count). The zero-order valence-corrected chi connectivity index (χ0v) is 17.2. The highest BCUT2D eigenvalue weighted by Crippen LogP contribution is 2.27. The number of amides is 1. The lowest BCUT2D eigenvalue weighted by Crippen LogP contribution is -2.15. The fraction of sp³-hybridized carbons (Fsp3) is 0.130. The molecule has 1 aromatic heterocycles. The molecule has 0 bridgehead atoms. The molecule has 1 amide bonds. The van der Waals surface area contributed by atoms with Gasteiger partial charge in [0.1, 0.15) is 11.6 Å². The number of fused-ring (bicyclic) bond motifs is 1. The molecule has 0 saturated heterocycles. The predicted molar refractivity (Wildman–Crippen MR) is 118 cm³/mol. The second-order valence-corrected chi connectivity index (χ2v) is 7.58. The summed E-state index contributed by atoms with van der Waals surface area (Å²) in [6.07, 6.45) is 0. The van der Waals surface area contributed by atoms with Crippen LogP contribution < -0.4 is 10.1 Å². The molecule has 0 unspecified atom stereocenters. The number of halogens is 1. The summed E-state index contributed by atoms with van der Waals surface area (Å²) in [5.74, 6) is 0.395. The molecule has 0 saturated carbocycles. The van der Waals surface area contributed by atoms with Crippen LogP contribution in [-0.2, 0) is 11.3 Å². The third-order valence-corrected chi connectivity index (χ3v) is 5.56. The SMILES string of the molecule is COc1ccccc1NC(=O)CSc1nc2ccccc2n1Cc1ccc(F)cc1. The van der Waals surface area contributed by atoms with Gasteiger partial charge in [-0.25, -0.2) is 9.37 Å². The maximum atomic E-state index is 13.3. The van der Waals surface area contributed by atoms with E-state index in [4.69, 9.17) is 4.74 Å². The van der Waals surface area contributed by atoms with Crippen LogP contribution in [0.5, 0.6) is 5.75 Å². The number of nitrogens with zero attached hydrogens (tertiary/aromatic N) is 2. The number of nitrogens with one attached hydrogen (secondary N) is 1. The highest BCUT2D eigenvalue weighted by Gasteiger charge is 2.14. The lowest BCUT2D eigenvalue weighted by Gasteiger charge is -2.11. The Labute approximate surface area is 177 Å². The number of hydrogen-bond acceptors (Lipinski definition) is 4. The van der Waals surface area contributed by atoms with Crippen LogP contribution in [0.25, 0.3) is 11.0 Å². The van der Waals surface area contributed by atoms with Crippen molar-refractivity contribution in [2.45, 2.75) is 11.7 Å². The summed E-state index contributed by atoms with van der Waals surface area (Å²) in [5, 5.41) is 3.61. The monoisotopic (exact) mass is 421 g/mol. The molecule has 0 fully saturated rings. The number of carbonyl (C=O) groups is 1. The number of methoxy groups -OCH3 is 1. The number of benzene rings is 3. The number of ether oxygens (including phenoxy) is 1. The first-order chi connectivity index (χ1) is 14.6. The third kappa shape index (κ3) is 4.46. The average Bonchev–Trinajstić information content (AvgIpc) is 3.11. The lowest BCUT2D eigenvalue weighted by atomic mass is 10.2. The molecule has 0 aliphatic carbocycles. The van der Waals surface area contributed by atoms with E-state index in [-0.39, 0.29) is 17.5 Å². The Kier molecular flexibility index (Phi) is 5.99. The van der Waals surface area contributed by atoms with Crippen LogP contribution in [0.2, 0.25) is 0 Å². The first-order valence-corrected chi connectivity index (χ1v) is 10.4. The van der Waals surface area contributed by atoms with Gasteiger partial charge in [0.25, 0.3) is 0 Å². The molecule has 1 heterocycles. The Morgan fingerprint density at radius 3 is 2.60 bits per heavy atom. The van der Waals surface area contributed by atoms with Crippen molar-refractivity contribution in [1.82, 2.24) is 9.55 Å². The Morgan fingerprint density at radius 2 is 1.80 bits per heavy atom. The zero-order valence-electron chi connectivity index (χ0n) is 16.3. The van der Waals surface area contributed by atoms with E-state index in [0.717, 1.165) is 21.8 Å². The molecule has 3 aromatic carbocycles. The molecule has 5 nitrogen and oxygen atoms in total. The van der Waals surface area contributed by atoms with Crippen molar-refractivity contribution in [3.05, 3.63) is 84.2 Å². The van der Waals surface area contributed by atoms with Crippen molar-refractivity contribution in [1.29, 1.82) is 0 Å². The van der Waals surface area contributed by atoms with Gasteiger partial charge in [0, 0.05) is 0 Å². The van der Waals surface area contributed by atoms with E-state index in [2.05, 4.69) is 10.3 Å². The van der Waals surface area contributed by atoms with Gasteiger partial charge in [0.2, 0.25) is 5.91 Å². The first-order valence-electron chi connectivity index (χ1n) is 9.39. The molecule has 1 N–H and O–H groups in total. The molecule has 0 atom stereocenters. The van der Waals surface area contributed by atoms with Gasteiger partial charge in [-0.1, -0.05) is 48.2 Å². The van der Waals surface area contributed by atoms with E-state index in [1.54, 1.807) is 31.4 Å². The van der Waals surface area contributed by atoms with Crippen LogP contribution >= 0.6 is 11.8 Å². The molecular formula is C23H20FN3O2S. The first kappa shape index (κ1) is 20.0. The van der Waals surface area contributed by atoms with Crippen molar-refractivity contribution < 1.29 is 13.9 Å². The van der Waals surface area contributed by atoms with E-state index < -0.39 is 0 Å². The number of rotatable bonds is 7. The predicted octanol–water partition coefficient (Wildman–Crippen LogP) is 4.96. The van der Waals surface area contributed by atoms with Crippen molar-refractivity contribution in [3.8, 4) is 5.75 Å². The molecule has 4 aromatic rings. The Balaban J connectivity index is 1.53. The molecule has 30 heavy (non-hydrogen) atoms. The largest absolute Gasteiger partial charge is 0.495 e. The average molecular weight is 421 g/mol. The number of anilines is 1. The van der Waals surface area contributed by atoms with Crippen molar-refractivity contribution in [2.24, 2.45) is 0 Å². The summed E-state index contributed by atoms with van der Waals surface area (Å²) in [4.78, 5) is 17.2. The van der Waals surface area contributed by atoms with E-state index >= 15 is 0 Å². The molecule has 152 valence electrons. The highest BCUT2D eigenvalue weighted by molar-refractivity contribution is 7.99. The zero-order chi connectivity index (χ0) is 20.9. The van der Waals surface area contributed by atoms with Gasteiger partial charge in [-0.05, 0) is 42.0 Å². The summed E-state index contributed by atoms with van der Waals surface area (Å²) >= 11 is 1.36. The molecular weight excluding hydrogens is 401 g/mol. The molecule has 0 spiro atoms. The maximum absolute atomic E-state index is 13.3. The smallest absolute Gasteiger partial charge is 0.234 e. The summed E-state index contributed by atoms with van der Waals surface area (Å²) in [6.45, 7) is 0.539. The van der Waals surface area contributed by atoms with E-state index in [9.17, 15) is 9.18 Å². The van der Waals surface area contributed by atoms with E-state index in [1.807, 2.05) is 41.0 Å². The Morgan fingerprint density at radius 1 is 1.07 bits per heavy atom. The fourth-order valence-electron chi connectivity index (χ4n) is 3.15. The summed E-state index contributed by atoms with van der Waals surface area (Å²) in [5.41, 5.74) is 3.41. The Hall–Kier alpha value is -3.32. The van der Waals surface area contributed by atoms with Crippen molar-refractivity contribution >= 4 is 34.4 Å². The lowest BCUT2D eigenvalue weighted by molar-refractivity contribution is -0.113. The standard InChI is InChI=1S/C23H20FN3O2S/c1-29-21-9-5-3-7-19(21)25-22(28)15-30-23-26-18-6-2-4-8-20(18)27(23)14-16-10-12-17(24)13-11-16/h2-13H,14-15H2,1H3,(H,25,28). The van der Waals surface area contributed by atoms with Crippen LogP contribution in [0.4, 0.5) is 10.1 Å². The van der Waals surface area contributed by atoms with Crippen LogP contribution in [0.15, 0.2) is 78.0 Å². The summed E-state index contributed by atoms with van der Waals surface area (Å²) < 4.78 is 20.6. The molecule has 0 aliphatic heterocycles. The second kappa shape index (κ2) is 9.00. The quantitative estimate of drug-likeness (QED) is 0.429. The normalized spacial score (nSPS) is 10.9. The third-order valence-electron chi connectivity index (χ3n) is 4.59. The molecule has 0 aliphatic rings. The van der Waals surface area contributed by atoms with E-state index in [1.165, 1.54) is 23.9 Å². The minimum Gasteiger partial charge on any atom is -0.495 e. The summed E-state index contributed by atoms with van der Waals surface area (Å²) in [7, 11) is 1.57. The van der Waals surface area contributed by atoms with Gasteiger partial charge < -0.3 is 14.6 Å². The second-order valence-electron chi connectivity index (χ2n) is 6.63. The highest BCUT2D eigenvalue weighted by atomic mass is 32.2. The van der Waals surface area contributed by atoms with Crippen molar-refractivity contribution in [2.75, 3.05) is 18.2 Å². The van der Waals surface area contributed by atoms with Gasteiger partial charge in [0.05, 0.1) is 36.1 Å². The number of carbonyl (C=O) groups excluding carboxylic acids is 1. The van der Waals surface area contributed by atoms with Crippen LogP contribution in [0.1, 0.15) is 5.56 Å². The molecule has 0 radical (unpaired) electrons. The van der Waals surface area contributed by atoms with Crippen molar-refractivity contribution in [3.63, 3.8) is 0 Å². The van der Waals surface area contributed by atoms with Gasteiger partial charge in [0.15, 0.2) is 5.16 Å². The van der Waals surface area contributed by atoms with Gasteiger partial charge >= 0.3 is 0 Å². The number of hydrogen-bond donors (Lipinski definition) is 1. The van der Waals surface area contributed by atoms with Crippen LogP contribution in [0.3, 0.4) is 0 Å². The number of thioether (sulfide) groups is 1. The minimum absolute atomic E-state index is 0.148. The number of imidazole rings is 1. The minimum atomic E-state index is -0.267.